The van der Waals surface area contributed by atoms with Crippen molar-refractivity contribution in [2.45, 2.75) is 27.7 Å². The van der Waals surface area contributed by atoms with Crippen molar-refractivity contribution in [2.24, 2.45) is 28.5 Å². The molecule has 0 aliphatic heterocycles. The Bertz CT molecular complexity index is 154. The molecule has 0 saturated heterocycles. The molecule has 0 aromatic rings. The van der Waals surface area contributed by atoms with Crippen molar-refractivity contribution in [3.05, 3.63) is 0 Å². The second kappa shape index (κ2) is 5.84. The van der Waals surface area contributed by atoms with Gasteiger partial charge in [0.1, 0.15) is 0 Å². The predicted octanol–water partition coefficient (Wildman–Crippen LogP) is 1.45. The number of hydrogen-bond acceptors (Lipinski definition) is 1. The van der Waals surface area contributed by atoms with E-state index in [9.17, 15) is 0 Å². The zero-order valence-corrected chi connectivity index (χ0v) is 9.46. The number of nitrogens with two attached hydrogens (primary N) is 1. The summed E-state index contributed by atoms with van der Waals surface area (Å²) in [7, 11) is 1.70. The van der Waals surface area contributed by atoms with Gasteiger partial charge in [-0.2, -0.15) is 0 Å². The number of nitrogens with zero attached hydrogens (tertiary/aromatic N) is 1. The first-order chi connectivity index (χ1) is 5.99. The normalized spacial score (nSPS) is 13.1. The van der Waals surface area contributed by atoms with E-state index in [2.05, 4.69) is 38.0 Å². The van der Waals surface area contributed by atoms with Crippen LogP contribution in [0, 0.1) is 17.8 Å². The topological polar surface area (TPSA) is 50.4 Å². The van der Waals surface area contributed by atoms with Crippen molar-refractivity contribution in [1.82, 2.24) is 5.32 Å². The highest BCUT2D eigenvalue weighted by Crippen LogP contribution is 2.19. The Balaban J connectivity index is 3.97. The van der Waals surface area contributed by atoms with Crippen LogP contribution < -0.4 is 11.1 Å². The van der Waals surface area contributed by atoms with Crippen LogP contribution in [0.5, 0.6) is 0 Å². The van der Waals surface area contributed by atoms with Gasteiger partial charge in [-0.05, 0) is 17.8 Å². The fourth-order valence-corrected chi connectivity index (χ4v) is 1.54. The van der Waals surface area contributed by atoms with Crippen molar-refractivity contribution in [1.29, 1.82) is 0 Å². The molecule has 0 aliphatic rings. The van der Waals surface area contributed by atoms with Gasteiger partial charge in [0.05, 0.1) is 0 Å². The molecule has 0 amide bonds. The fourth-order valence-electron chi connectivity index (χ4n) is 1.54. The van der Waals surface area contributed by atoms with E-state index in [0.717, 1.165) is 6.54 Å². The fraction of sp³-hybridized carbons (Fsp3) is 0.900. The quantitative estimate of drug-likeness (QED) is 0.514. The van der Waals surface area contributed by atoms with Gasteiger partial charge in [-0.3, -0.25) is 4.99 Å². The smallest absolute Gasteiger partial charge is 0.188 e. The second-order valence-corrected chi connectivity index (χ2v) is 4.14. The van der Waals surface area contributed by atoms with Gasteiger partial charge < -0.3 is 11.1 Å². The van der Waals surface area contributed by atoms with Gasteiger partial charge in [-0.15, -0.1) is 0 Å². The highest BCUT2D eigenvalue weighted by atomic mass is 15.1. The first-order valence-corrected chi connectivity index (χ1v) is 4.95. The second-order valence-electron chi connectivity index (χ2n) is 4.14. The molecular weight excluding hydrogens is 162 g/mol. The van der Waals surface area contributed by atoms with Crippen LogP contribution >= 0.6 is 0 Å². The van der Waals surface area contributed by atoms with Gasteiger partial charge in [-0.25, -0.2) is 0 Å². The number of hydrogen-bond donors (Lipinski definition) is 2. The zero-order chi connectivity index (χ0) is 10.4. The number of rotatable bonds is 4. The maximum Gasteiger partial charge on any atom is 0.188 e. The molecule has 78 valence electrons. The van der Waals surface area contributed by atoms with Crippen LogP contribution in [0.3, 0.4) is 0 Å². The lowest BCUT2D eigenvalue weighted by Gasteiger charge is -2.25. The van der Waals surface area contributed by atoms with Crippen molar-refractivity contribution in [3.63, 3.8) is 0 Å². The summed E-state index contributed by atoms with van der Waals surface area (Å²) in [5.41, 5.74) is 5.56. The van der Waals surface area contributed by atoms with Crippen molar-refractivity contribution in [3.8, 4) is 0 Å². The molecule has 0 unspecified atom stereocenters. The van der Waals surface area contributed by atoms with E-state index >= 15 is 0 Å². The molecule has 3 nitrogen and oxygen atoms in total. The Morgan fingerprint density at radius 2 is 1.69 bits per heavy atom. The highest BCUT2D eigenvalue weighted by molar-refractivity contribution is 5.77. The van der Waals surface area contributed by atoms with Crippen molar-refractivity contribution < 1.29 is 0 Å². The van der Waals surface area contributed by atoms with Crippen molar-refractivity contribution in [2.75, 3.05) is 13.6 Å². The van der Waals surface area contributed by atoms with E-state index in [1.807, 2.05) is 0 Å². The maximum absolute atomic E-state index is 5.56. The lowest BCUT2D eigenvalue weighted by molar-refractivity contribution is 0.288. The van der Waals surface area contributed by atoms with E-state index in [1.165, 1.54) is 0 Å². The minimum Gasteiger partial charge on any atom is -0.370 e. The molecule has 3 heteroatoms. The van der Waals surface area contributed by atoms with Gasteiger partial charge in [0.25, 0.3) is 0 Å². The molecule has 0 aliphatic carbocycles. The Morgan fingerprint density at radius 1 is 1.23 bits per heavy atom. The number of guanidine groups is 1. The Kier molecular flexibility index (Phi) is 5.51. The van der Waals surface area contributed by atoms with Gasteiger partial charge in [0.15, 0.2) is 5.96 Å². The minimum atomic E-state index is 0.534. The van der Waals surface area contributed by atoms with Crippen LogP contribution in [0.2, 0.25) is 0 Å². The Labute approximate surface area is 81.8 Å². The van der Waals surface area contributed by atoms with Gasteiger partial charge in [-0.1, -0.05) is 27.7 Å². The summed E-state index contributed by atoms with van der Waals surface area (Å²) >= 11 is 0. The van der Waals surface area contributed by atoms with E-state index in [4.69, 9.17) is 5.73 Å². The third kappa shape index (κ3) is 4.76. The Hall–Kier alpha value is -0.730. The average Bonchev–Trinajstić information content (AvgIpc) is 2.03. The largest absolute Gasteiger partial charge is 0.370 e. The molecule has 0 fully saturated rings. The summed E-state index contributed by atoms with van der Waals surface area (Å²) in [6.07, 6.45) is 0. The molecule has 0 aromatic carbocycles. The van der Waals surface area contributed by atoms with Crippen LogP contribution in [0.4, 0.5) is 0 Å². The highest BCUT2D eigenvalue weighted by Gasteiger charge is 2.16. The minimum absolute atomic E-state index is 0.534. The Morgan fingerprint density at radius 3 is 2.00 bits per heavy atom. The number of aliphatic imine (C=N–C) groups is 1. The van der Waals surface area contributed by atoms with Crippen molar-refractivity contribution >= 4 is 5.96 Å². The van der Waals surface area contributed by atoms with Crippen LogP contribution in [0.25, 0.3) is 0 Å². The molecule has 0 saturated carbocycles. The molecule has 0 spiro atoms. The third-order valence-corrected chi connectivity index (χ3v) is 2.47. The molecule has 0 atom stereocenters. The first-order valence-electron chi connectivity index (χ1n) is 4.95. The zero-order valence-electron chi connectivity index (χ0n) is 9.46. The van der Waals surface area contributed by atoms with Gasteiger partial charge >= 0.3 is 0 Å². The summed E-state index contributed by atoms with van der Waals surface area (Å²) in [5.74, 6) is 2.54. The molecule has 13 heavy (non-hydrogen) atoms. The standard InChI is InChI=1S/C10H23N3/c1-7(2)9(8(3)4)6-13-10(11)12-5/h7-9H,6H2,1-5H3,(H3,11,12,13). The van der Waals surface area contributed by atoms with E-state index < -0.39 is 0 Å². The summed E-state index contributed by atoms with van der Waals surface area (Å²) in [4.78, 5) is 3.86. The SMILES string of the molecule is CN=C(N)NCC(C(C)C)C(C)C. The summed E-state index contributed by atoms with van der Waals surface area (Å²) in [6.45, 7) is 9.88. The lowest BCUT2D eigenvalue weighted by atomic mass is 9.85. The summed E-state index contributed by atoms with van der Waals surface area (Å²) in [5, 5.41) is 3.12. The molecule has 0 radical (unpaired) electrons. The van der Waals surface area contributed by atoms with Crippen LogP contribution in [-0.2, 0) is 0 Å². The molecular formula is C10H23N3. The molecule has 0 bridgehead atoms. The molecule has 0 heterocycles. The molecule has 0 aromatic heterocycles. The predicted molar refractivity (Wildman–Crippen MR) is 58.7 cm³/mol. The maximum atomic E-state index is 5.56. The van der Waals surface area contributed by atoms with E-state index in [1.54, 1.807) is 7.05 Å². The van der Waals surface area contributed by atoms with Crippen LogP contribution in [-0.4, -0.2) is 19.6 Å². The monoisotopic (exact) mass is 185 g/mol. The van der Waals surface area contributed by atoms with Crippen LogP contribution in [0.15, 0.2) is 4.99 Å². The van der Waals surface area contributed by atoms with E-state index in [0.29, 0.717) is 23.7 Å². The summed E-state index contributed by atoms with van der Waals surface area (Å²) in [6, 6.07) is 0. The third-order valence-electron chi connectivity index (χ3n) is 2.47. The average molecular weight is 185 g/mol. The molecule has 3 N–H and O–H groups in total. The first kappa shape index (κ1) is 12.3. The van der Waals surface area contributed by atoms with E-state index in [-0.39, 0.29) is 0 Å². The molecule has 0 rings (SSSR count). The van der Waals surface area contributed by atoms with Gasteiger partial charge in [0.2, 0.25) is 0 Å². The summed E-state index contributed by atoms with van der Waals surface area (Å²) < 4.78 is 0. The van der Waals surface area contributed by atoms with Crippen LogP contribution in [0.1, 0.15) is 27.7 Å². The number of nitrogens with one attached hydrogen (secondary N) is 1. The van der Waals surface area contributed by atoms with Gasteiger partial charge in [0, 0.05) is 13.6 Å². The lowest BCUT2D eigenvalue weighted by Crippen LogP contribution is -2.38.